The van der Waals surface area contributed by atoms with Crippen LogP contribution in [0.4, 0.5) is 0 Å². The molecule has 7 heteroatoms. The third kappa shape index (κ3) is 4.60. The van der Waals surface area contributed by atoms with Gasteiger partial charge in [0.25, 0.3) is 5.91 Å². The first-order valence-corrected chi connectivity index (χ1v) is 11.0. The zero-order valence-corrected chi connectivity index (χ0v) is 17.4. The normalized spacial score (nSPS) is 17.1. The largest absolute Gasteiger partial charge is 0.440 e. The molecule has 5 rings (SSSR count). The fourth-order valence-electron chi connectivity index (χ4n) is 4.13. The molecule has 3 heterocycles. The first-order valence-electron chi connectivity index (χ1n) is 11.0. The molecule has 2 aromatic heterocycles. The van der Waals surface area contributed by atoms with Crippen molar-refractivity contribution in [2.75, 3.05) is 13.1 Å². The minimum atomic E-state index is 0.0240. The highest BCUT2D eigenvalue weighted by atomic mass is 16.3. The van der Waals surface area contributed by atoms with E-state index in [0.29, 0.717) is 43.5 Å². The van der Waals surface area contributed by atoms with E-state index in [-0.39, 0.29) is 11.8 Å². The number of carbonyl (C=O) groups is 2. The molecule has 1 aromatic carbocycles. The van der Waals surface area contributed by atoms with E-state index in [2.05, 4.69) is 15.3 Å². The standard InChI is InChI=1S/C24H26N4O3/c29-22(26-15-19-3-1-2-10-25-19)13-16-8-11-28(12-9-16)24(30)18-6-7-21-20(14-18)27-23(31-21)17-4-5-17/h1-3,6-7,10,14,16-17H,4-5,8-9,11-13,15H2,(H,26,29). The van der Waals surface area contributed by atoms with Crippen molar-refractivity contribution in [1.82, 2.24) is 20.2 Å². The zero-order valence-electron chi connectivity index (χ0n) is 17.4. The van der Waals surface area contributed by atoms with E-state index >= 15 is 0 Å². The van der Waals surface area contributed by atoms with E-state index in [9.17, 15) is 9.59 Å². The lowest BCUT2D eigenvalue weighted by Crippen LogP contribution is -2.39. The molecule has 0 unspecified atom stereocenters. The van der Waals surface area contributed by atoms with Gasteiger partial charge >= 0.3 is 0 Å². The number of nitrogens with zero attached hydrogens (tertiary/aromatic N) is 3. The average molecular weight is 418 g/mol. The number of hydrogen-bond acceptors (Lipinski definition) is 5. The monoisotopic (exact) mass is 418 g/mol. The van der Waals surface area contributed by atoms with E-state index < -0.39 is 0 Å². The lowest BCUT2D eigenvalue weighted by molar-refractivity contribution is -0.122. The molecular weight excluding hydrogens is 392 g/mol. The average Bonchev–Trinajstić information content (AvgIpc) is 3.57. The van der Waals surface area contributed by atoms with Crippen LogP contribution in [0.1, 0.15) is 60.0 Å². The molecule has 2 aliphatic rings. The predicted octanol–water partition coefficient (Wildman–Crippen LogP) is 3.66. The summed E-state index contributed by atoms with van der Waals surface area (Å²) in [6, 6.07) is 11.2. The van der Waals surface area contributed by atoms with Gasteiger partial charge in [-0.1, -0.05) is 6.07 Å². The third-order valence-electron chi connectivity index (χ3n) is 6.15. The quantitative estimate of drug-likeness (QED) is 0.660. The Morgan fingerprint density at radius 2 is 1.94 bits per heavy atom. The van der Waals surface area contributed by atoms with Crippen molar-refractivity contribution in [1.29, 1.82) is 0 Å². The van der Waals surface area contributed by atoms with E-state index in [4.69, 9.17) is 4.42 Å². The summed E-state index contributed by atoms with van der Waals surface area (Å²) in [4.78, 5) is 35.9. The Labute approximate surface area is 180 Å². The van der Waals surface area contributed by atoms with Crippen molar-refractivity contribution < 1.29 is 14.0 Å². The topological polar surface area (TPSA) is 88.3 Å². The Bertz CT molecular complexity index is 1080. The maximum atomic E-state index is 13.0. The number of benzene rings is 1. The number of amides is 2. The lowest BCUT2D eigenvalue weighted by atomic mass is 9.93. The van der Waals surface area contributed by atoms with E-state index in [0.717, 1.165) is 48.4 Å². The Hall–Kier alpha value is -3.22. The number of rotatable bonds is 6. The van der Waals surface area contributed by atoms with Crippen LogP contribution in [-0.2, 0) is 11.3 Å². The molecule has 1 N–H and O–H groups in total. The van der Waals surface area contributed by atoms with Gasteiger partial charge in [0.2, 0.25) is 5.91 Å². The number of aromatic nitrogens is 2. The van der Waals surface area contributed by atoms with E-state index in [1.54, 1.807) is 6.20 Å². The third-order valence-corrected chi connectivity index (χ3v) is 6.15. The van der Waals surface area contributed by atoms with Gasteiger partial charge in [-0.25, -0.2) is 4.98 Å². The van der Waals surface area contributed by atoms with Gasteiger partial charge in [-0.3, -0.25) is 14.6 Å². The van der Waals surface area contributed by atoms with Gasteiger partial charge in [-0.05, 0) is 61.9 Å². The van der Waals surface area contributed by atoms with Crippen LogP contribution in [0.5, 0.6) is 0 Å². The van der Waals surface area contributed by atoms with Gasteiger partial charge in [0, 0.05) is 37.2 Å². The molecule has 7 nitrogen and oxygen atoms in total. The summed E-state index contributed by atoms with van der Waals surface area (Å²) in [5, 5.41) is 2.94. The molecule has 2 fully saturated rings. The highest BCUT2D eigenvalue weighted by Gasteiger charge is 2.29. The molecule has 0 atom stereocenters. The number of piperidine rings is 1. The molecule has 1 saturated carbocycles. The highest BCUT2D eigenvalue weighted by molar-refractivity contribution is 5.97. The number of hydrogen-bond donors (Lipinski definition) is 1. The second kappa shape index (κ2) is 8.49. The number of likely N-dealkylation sites (tertiary alicyclic amines) is 1. The number of carbonyl (C=O) groups excluding carboxylic acids is 2. The van der Waals surface area contributed by atoms with Crippen LogP contribution in [0.15, 0.2) is 47.0 Å². The van der Waals surface area contributed by atoms with Crippen LogP contribution in [0.25, 0.3) is 11.1 Å². The fraction of sp³-hybridized carbons (Fsp3) is 0.417. The van der Waals surface area contributed by atoms with Crippen LogP contribution < -0.4 is 5.32 Å². The lowest BCUT2D eigenvalue weighted by Gasteiger charge is -2.31. The SMILES string of the molecule is O=C(CC1CCN(C(=O)c2ccc3oc(C4CC4)nc3c2)CC1)NCc1ccccn1. The molecular formula is C24H26N4O3. The molecule has 3 aromatic rings. The summed E-state index contributed by atoms with van der Waals surface area (Å²) in [5.41, 5.74) is 3.00. The van der Waals surface area contributed by atoms with Crippen molar-refractivity contribution in [3.63, 3.8) is 0 Å². The number of oxazole rings is 1. The van der Waals surface area contributed by atoms with Crippen molar-refractivity contribution in [3.05, 3.63) is 59.7 Å². The van der Waals surface area contributed by atoms with Crippen molar-refractivity contribution in [2.45, 2.75) is 44.6 Å². The van der Waals surface area contributed by atoms with Crippen molar-refractivity contribution >= 4 is 22.9 Å². The fourth-order valence-corrected chi connectivity index (χ4v) is 4.13. The second-order valence-electron chi connectivity index (χ2n) is 8.55. The van der Waals surface area contributed by atoms with Crippen LogP contribution in [-0.4, -0.2) is 39.8 Å². The van der Waals surface area contributed by atoms with Gasteiger partial charge in [0.05, 0.1) is 12.2 Å². The molecule has 1 aliphatic heterocycles. The molecule has 0 radical (unpaired) electrons. The zero-order chi connectivity index (χ0) is 21.2. The van der Waals surface area contributed by atoms with E-state index in [1.165, 1.54) is 0 Å². The van der Waals surface area contributed by atoms with Gasteiger partial charge in [-0.15, -0.1) is 0 Å². The molecule has 2 amide bonds. The van der Waals surface area contributed by atoms with Crippen LogP contribution in [0.2, 0.25) is 0 Å². The smallest absolute Gasteiger partial charge is 0.253 e. The summed E-state index contributed by atoms with van der Waals surface area (Å²) in [7, 11) is 0. The van der Waals surface area contributed by atoms with Gasteiger partial charge in [0.1, 0.15) is 5.52 Å². The Morgan fingerprint density at radius 3 is 2.68 bits per heavy atom. The molecule has 1 aliphatic carbocycles. The maximum absolute atomic E-state index is 13.0. The highest BCUT2D eigenvalue weighted by Crippen LogP contribution is 2.40. The number of fused-ring (bicyclic) bond motifs is 1. The van der Waals surface area contributed by atoms with E-state index in [1.807, 2.05) is 41.3 Å². The van der Waals surface area contributed by atoms with Gasteiger partial charge < -0.3 is 14.6 Å². The summed E-state index contributed by atoms with van der Waals surface area (Å²) in [5.74, 6) is 1.61. The number of nitrogens with one attached hydrogen (secondary N) is 1. The summed E-state index contributed by atoms with van der Waals surface area (Å²) < 4.78 is 5.79. The second-order valence-corrected chi connectivity index (χ2v) is 8.55. The minimum Gasteiger partial charge on any atom is -0.440 e. The minimum absolute atomic E-state index is 0.0240. The van der Waals surface area contributed by atoms with Crippen LogP contribution >= 0.6 is 0 Å². The molecule has 31 heavy (non-hydrogen) atoms. The van der Waals surface area contributed by atoms with Crippen molar-refractivity contribution in [2.24, 2.45) is 5.92 Å². The Morgan fingerprint density at radius 1 is 1.10 bits per heavy atom. The summed E-state index contributed by atoms with van der Waals surface area (Å²) in [6.07, 6.45) is 6.15. The predicted molar refractivity (Wildman–Crippen MR) is 115 cm³/mol. The Kier molecular flexibility index (Phi) is 5.40. The molecule has 0 spiro atoms. The first-order chi connectivity index (χ1) is 15.2. The van der Waals surface area contributed by atoms with Gasteiger partial charge in [0.15, 0.2) is 11.5 Å². The van der Waals surface area contributed by atoms with Crippen molar-refractivity contribution in [3.8, 4) is 0 Å². The first kappa shape index (κ1) is 19.7. The van der Waals surface area contributed by atoms with Gasteiger partial charge in [-0.2, -0.15) is 0 Å². The summed E-state index contributed by atoms with van der Waals surface area (Å²) in [6.45, 7) is 1.78. The molecule has 160 valence electrons. The van der Waals surface area contributed by atoms with Crippen LogP contribution in [0.3, 0.4) is 0 Å². The molecule has 1 saturated heterocycles. The molecule has 0 bridgehead atoms. The summed E-state index contributed by atoms with van der Waals surface area (Å²) >= 11 is 0. The van der Waals surface area contributed by atoms with Crippen LogP contribution in [0, 0.1) is 5.92 Å². The Balaban J connectivity index is 1.12. The maximum Gasteiger partial charge on any atom is 0.253 e. The number of pyridine rings is 1.